The minimum Gasteiger partial charge on any atom is -0.349 e. The molecule has 2 aliphatic carbocycles. The molecule has 1 unspecified atom stereocenters. The lowest BCUT2D eigenvalue weighted by Crippen LogP contribution is -2.41. The first-order valence-corrected chi connectivity index (χ1v) is 8.18. The number of alkyl halides is 1. The second kappa shape index (κ2) is 4.39. The Labute approximate surface area is 114 Å². The lowest BCUT2D eigenvalue weighted by molar-refractivity contribution is -0.123. The third kappa shape index (κ3) is 2.17. The Balaban J connectivity index is 1.75. The van der Waals surface area contributed by atoms with Gasteiger partial charge in [0.2, 0.25) is 5.91 Å². The fourth-order valence-electron chi connectivity index (χ4n) is 2.55. The number of halogens is 1. The molecule has 1 amide bonds. The second-order valence-corrected chi connectivity index (χ2v) is 6.71. The van der Waals surface area contributed by atoms with Crippen molar-refractivity contribution in [3.05, 3.63) is 21.9 Å². The van der Waals surface area contributed by atoms with Crippen LogP contribution in [0.2, 0.25) is 0 Å². The lowest BCUT2D eigenvalue weighted by Gasteiger charge is -2.24. The first kappa shape index (κ1) is 11.7. The molecule has 0 saturated heterocycles. The Bertz CT molecular complexity index is 438. The molecule has 2 aliphatic rings. The Morgan fingerprint density at radius 2 is 2.41 bits per heavy atom. The summed E-state index contributed by atoms with van der Waals surface area (Å²) in [6, 6.07) is 2.14. The van der Waals surface area contributed by atoms with Crippen LogP contribution in [0.15, 0.2) is 11.4 Å². The predicted molar refractivity (Wildman–Crippen MR) is 73.9 cm³/mol. The highest BCUT2D eigenvalue weighted by Gasteiger charge is 2.44. The van der Waals surface area contributed by atoms with Gasteiger partial charge in [0.05, 0.1) is 5.92 Å². The maximum absolute atomic E-state index is 12.3. The summed E-state index contributed by atoms with van der Waals surface area (Å²) in [5.74, 6) is 0.336. The molecule has 1 N–H and O–H groups in total. The van der Waals surface area contributed by atoms with E-state index >= 15 is 0 Å². The summed E-state index contributed by atoms with van der Waals surface area (Å²) in [7, 11) is 0. The number of carbonyl (C=O) groups excluding carboxylic acids is 1. The van der Waals surface area contributed by atoms with Crippen molar-refractivity contribution in [2.24, 2.45) is 0 Å². The quantitative estimate of drug-likeness (QED) is 0.853. The summed E-state index contributed by atoms with van der Waals surface area (Å²) in [6.45, 7) is 0. The van der Waals surface area contributed by atoms with Crippen molar-refractivity contribution in [2.75, 3.05) is 5.33 Å². The molecule has 4 heteroatoms. The van der Waals surface area contributed by atoms with Crippen molar-refractivity contribution in [3.63, 3.8) is 0 Å². The fourth-order valence-corrected chi connectivity index (χ4v) is 4.24. The number of amides is 1. The van der Waals surface area contributed by atoms with Crippen LogP contribution in [-0.4, -0.2) is 16.8 Å². The summed E-state index contributed by atoms with van der Waals surface area (Å²) in [4.78, 5) is 13.8. The van der Waals surface area contributed by atoms with Gasteiger partial charge in [-0.2, -0.15) is 0 Å². The van der Waals surface area contributed by atoms with Crippen LogP contribution in [0.5, 0.6) is 0 Å². The van der Waals surface area contributed by atoms with E-state index in [9.17, 15) is 4.79 Å². The van der Waals surface area contributed by atoms with Gasteiger partial charge in [-0.3, -0.25) is 4.79 Å². The van der Waals surface area contributed by atoms with Gasteiger partial charge in [-0.05, 0) is 49.1 Å². The summed E-state index contributed by atoms with van der Waals surface area (Å²) < 4.78 is 0. The Morgan fingerprint density at radius 3 is 3.12 bits per heavy atom. The normalized spacial score (nSPS) is 25.1. The van der Waals surface area contributed by atoms with E-state index in [-0.39, 0.29) is 17.4 Å². The van der Waals surface area contributed by atoms with Crippen molar-refractivity contribution >= 4 is 33.2 Å². The van der Waals surface area contributed by atoms with Gasteiger partial charge in [-0.25, -0.2) is 0 Å². The Kier molecular flexibility index (Phi) is 3.03. The van der Waals surface area contributed by atoms with Gasteiger partial charge in [0.15, 0.2) is 0 Å². The molecule has 3 rings (SSSR count). The van der Waals surface area contributed by atoms with E-state index in [1.807, 2.05) is 0 Å². The zero-order chi connectivity index (χ0) is 11.9. The number of hydrogen-bond acceptors (Lipinski definition) is 2. The molecular weight excluding hydrogens is 298 g/mol. The largest absolute Gasteiger partial charge is 0.349 e. The molecular formula is C13H16BrNOS. The molecule has 1 heterocycles. The molecule has 1 aromatic rings. The number of carbonyl (C=O) groups is 1. The average Bonchev–Trinajstić information content (AvgIpc) is 2.95. The summed E-state index contributed by atoms with van der Waals surface area (Å²) in [5.41, 5.74) is 1.36. The number of thiophene rings is 1. The average molecular weight is 314 g/mol. The molecule has 1 atom stereocenters. The van der Waals surface area contributed by atoms with E-state index in [0.717, 1.165) is 37.4 Å². The van der Waals surface area contributed by atoms with Crippen molar-refractivity contribution < 1.29 is 4.79 Å². The highest BCUT2D eigenvalue weighted by atomic mass is 79.9. The highest BCUT2D eigenvalue weighted by Crippen LogP contribution is 2.40. The minimum absolute atomic E-state index is 0.0741. The molecule has 1 aromatic heterocycles. The molecule has 1 saturated carbocycles. The molecule has 0 bridgehead atoms. The third-order valence-corrected chi connectivity index (χ3v) is 5.94. The monoisotopic (exact) mass is 313 g/mol. The number of fused-ring (bicyclic) bond motifs is 1. The van der Waals surface area contributed by atoms with E-state index in [1.54, 1.807) is 11.3 Å². The first-order valence-electron chi connectivity index (χ1n) is 6.18. The highest BCUT2D eigenvalue weighted by molar-refractivity contribution is 9.09. The van der Waals surface area contributed by atoms with Gasteiger partial charge in [-0.15, -0.1) is 11.3 Å². The molecule has 1 fully saturated rings. The molecule has 2 nitrogen and oxygen atoms in total. The third-order valence-electron chi connectivity index (χ3n) is 3.87. The predicted octanol–water partition coefficient (Wildman–Crippen LogP) is 3.21. The fraction of sp³-hybridized carbons (Fsp3) is 0.615. The van der Waals surface area contributed by atoms with Gasteiger partial charge in [-0.1, -0.05) is 15.9 Å². The molecule has 0 aliphatic heterocycles. The summed E-state index contributed by atoms with van der Waals surface area (Å²) in [6.07, 6.45) is 5.54. The Morgan fingerprint density at radius 1 is 1.59 bits per heavy atom. The van der Waals surface area contributed by atoms with E-state index < -0.39 is 0 Å². The SMILES string of the molecule is O=C(NC1(CBr)CC1)C1CCCc2sccc21. The van der Waals surface area contributed by atoms with Crippen molar-refractivity contribution in [1.82, 2.24) is 5.32 Å². The van der Waals surface area contributed by atoms with E-state index in [4.69, 9.17) is 0 Å². The van der Waals surface area contributed by atoms with Crippen LogP contribution in [0.4, 0.5) is 0 Å². The number of rotatable bonds is 3. The van der Waals surface area contributed by atoms with Gasteiger partial charge < -0.3 is 5.32 Å². The van der Waals surface area contributed by atoms with E-state index in [0.29, 0.717) is 0 Å². The van der Waals surface area contributed by atoms with Gasteiger partial charge in [0.1, 0.15) is 0 Å². The van der Waals surface area contributed by atoms with Crippen LogP contribution in [0.1, 0.15) is 42.0 Å². The van der Waals surface area contributed by atoms with Gasteiger partial charge >= 0.3 is 0 Å². The lowest BCUT2D eigenvalue weighted by atomic mass is 9.87. The summed E-state index contributed by atoms with van der Waals surface area (Å²) in [5, 5.41) is 6.24. The number of aryl methyl sites for hydroxylation is 1. The van der Waals surface area contributed by atoms with E-state index in [2.05, 4.69) is 32.7 Å². The van der Waals surface area contributed by atoms with E-state index in [1.165, 1.54) is 10.4 Å². The maximum Gasteiger partial charge on any atom is 0.228 e. The second-order valence-electron chi connectivity index (χ2n) is 5.15. The topological polar surface area (TPSA) is 29.1 Å². The zero-order valence-electron chi connectivity index (χ0n) is 9.67. The van der Waals surface area contributed by atoms with Crippen LogP contribution in [0.3, 0.4) is 0 Å². The molecule has 17 heavy (non-hydrogen) atoms. The van der Waals surface area contributed by atoms with Crippen molar-refractivity contribution in [2.45, 2.75) is 43.6 Å². The van der Waals surface area contributed by atoms with Gasteiger partial charge in [0.25, 0.3) is 0 Å². The van der Waals surface area contributed by atoms with Gasteiger partial charge in [0, 0.05) is 15.7 Å². The molecule has 92 valence electrons. The minimum atomic E-state index is 0.0741. The Hall–Kier alpha value is -0.350. The zero-order valence-corrected chi connectivity index (χ0v) is 12.1. The molecule has 0 spiro atoms. The van der Waals surface area contributed by atoms with Crippen LogP contribution in [0.25, 0.3) is 0 Å². The molecule has 0 radical (unpaired) electrons. The number of nitrogens with one attached hydrogen (secondary N) is 1. The van der Waals surface area contributed by atoms with Crippen LogP contribution < -0.4 is 5.32 Å². The maximum atomic E-state index is 12.3. The van der Waals surface area contributed by atoms with Crippen LogP contribution in [-0.2, 0) is 11.2 Å². The summed E-state index contributed by atoms with van der Waals surface area (Å²) >= 11 is 5.29. The number of hydrogen-bond donors (Lipinski definition) is 1. The smallest absolute Gasteiger partial charge is 0.228 e. The first-order chi connectivity index (χ1) is 8.24. The standard InChI is InChI=1S/C13H16BrNOS/c14-8-13(5-6-13)15-12(16)10-2-1-3-11-9(10)4-7-17-11/h4,7,10H,1-3,5-6,8H2,(H,15,16). The van der Waals surface area contributed by atoms with Crippen LogP contribution >= 0.6 is 27.3 Å². The molecule has 0 aromatic carbocycles. The van der Waals surface area contributed by atoms with Crippen molar-refractivity contribution in [1.29, 1.82) is 0 Å². The van der Waals surface area contributed by atoms with Crippen molar-refractivity contribution in [3.8, 4) is 0 Å². The van der Waals surface area contributed by atoms with Crippen LogP contribution in [0, 0.1) is 0 Å².